The molecule has 1 atom stereocenters. The number of hydrogen-bond acceptors (Lipinski definition) is 6. The average molecular weight is 409 g/mol. The van der Waals surface area contributed by atoms with Crippen LogP contribution in [0.15, 0.2) is 30.5 Å². The number of benzene rings is 1. The van der Waals surface area contributed by atoms with Crippen molar-refractivity contribution in [2.24, 2.45) is 5.92 Å². The van der Waals surface area contributed by atoms with Gasteiger partial charge in [-0.2, -0.15) is 0 Å². The summed E-state index contributed by atoms with van der Waals surface area (Å²) in [4.78, 5) is 16.3. The van der Waals surface area contributed by atoms with Crippen LogP contribution >= 0.6 is 22.9 Å². The molecular formula is C19H21ClN2O4S. The molecule has 1 saturated carbocycles. The molecular weight excluding hydrogens is 388 g/mol. The Bertz CT molecular complexity index is 820. The van der Waals surface area contributed by atoms with Crippen LogP contribution in [0.2, 0.25) is 5.02 Å². The lowest BCUT2D eigenvalue weighted by Crippen LogP contribution is -2.30. The summed E-state index contributed by atoms with van der Waals surface area (Å²) >= 11 is 7.66. The molecule has 0 bridgehead atoms. The molecule has 1 aromatic heterocycles. The number of aromatic nitrogens is 1. The van der Waals surface area contributed by atoms with Crippen LogP contribution in [-0.4, -0.2) is 30.8 Å². The molecule has 144 valence electrons. The summed E-state index contributed by atoms with van der Waals surface area (Å²) in [5, 5.41) is 3.62. The van der Waals surface area contributed by atoms with Gasteiger partial charge in [-0.05, 0) is 43.9 Å². The second kappa shape index (κ2) is 9.10. The molecule has 0 spiro atoms. The molecule has 27 heavy (non-hydrogen) atoms. The third kappa shape index (κ3) is 6.15. The van der Waals surface area contributed by atoms with E-state index in [1.54, 1.807) is 18.3 Å². The second-order valence-electron chi connectivity index (χ2n) is 6.26. The molecule has 1 aliphatic rings. The third-order valence-corrected chi connectivity index (χ3v) is 5.00. The van der Waals surface area contributed by atoms with Crippen molar-refractivity contribution in [2.45, 2.75) is 25.8 Å². The predicted molar refractivity (Wildman–Crippen MR) is 106 cm³/mol. The van der Waals surface area contributed by atoms with Crippen LogP contribution in [0.25, 0.3) is 6.08 Å². The van der Waals surface area contributed by atoms with E-state index in [4.69, 9.17) is 21.1 Å². The highest BCUT2D eigenvalue weighted by molar-refractivity contribution is 7.14. The van der Waals surface area contributed by atoms with Crippen LogP contribution < -0.4 is 14.8 Å². The van der Waals surface area contributed by atoms with E-state index in [1.807, 2.05) is 25.1 Å². The van der Waals surface area contributed by atoms with Gasteiger partial charge in [0.05, 0.1) is 23.6 Å². The number of carbonyl (C=O) groups excluding carboxylic acids is 1. The van der Waals surface area contributed by atoms with Gasteiger partial charge in [-0.15, -0.1) is 0 Å². The van der Waals surface area contributed by atoms with Gasteiger partial charge in [0.2, 0.25) is 0 Å². The fraction of sp³-hybridized carbons (Fsp3) is 0.368. The maximum atomic E-state index is 11.2. The first-order valence-electron chi connectivity index (χ1n) is 8.62. The zero-order valence-corrected chi connectivity index (χ0v) is 16.7. The van der Waals surface area contributed by atoms with E-state index < -0.39 is 6.09 Å². The molecule has 3 rings (SSSR count). The van der Waals surface area contributed by atoms with Gasteiger partial charge in [-0.25, -0.2) is 9.78 Å². The van der Waals surface area contributed by atoms with E-state index in [0.717, 1.165) is 17.2 Å². The molecule has 0 radical (unpaired) electrons. The molecule has 6 nitrogen and oxygen atoms in total. The fourth-order valence-corrected chi connectivity index (χ4v) is 3.07. The summed E-state index contributed by atoms with van der Waals surface area (Å²) < 4.78 is 16.0. The van der Waals surface area contributed by atoms with Gasteiger partial charge in [0.1, 0.15) is 11.5 Å². The van der Waals surface area contributed by atoms with E-state index in [0.29, 0.717) is 21.9 Å². The van der Waals surface area contributed by atoms with E-state index in [-0.39, 0.29) is 6.04 Å². The number of hydrogen-bond donors (Lipinski definition) is 1. The van der Waals surface area contributed by atoms with Crippen molar-refractivity contribution in [3.63, 3.8) is 0 Å². The fourth-order valence-electron chi connectivity index (χ4n) is 2.17. The van der Waals surface area contributed by atoms with Crippen molar-refractivity contribution in [1.82, 2.24) is 10.3 Å². The minimum absolute atomic E-state index is 0.165. The van der Waals surface area contributed by atoms with Crippen LogP contribution in [-0.2, 0) is 4.74 Å². The monoisotopic (exact) mass is 408 g/mol. The minimum Gasteiger partial charge on any atom is -0.493 e. The predicted octanol–water partition coefficient (Wildman–Crippen LogP) is 5.14. The van der Waals surface area contributed by atoms with Crippen LogP contribution in [0, 0.1) is 5.92 Å². The summed E-state index contributed by atoms with van der Waals surface area (Å²) in [5.41, 5.74) is 0. The highest BCUT2D eigenvalue weighted by Gasteiger charge is 2.22. The highest BCUT2D eigenvalue weighted by Crippen LogP contribution is 2.35. The molecule has 0 saturated heterocycles. The Hall–Kier alpha value is -2.25. The van der Waals surface area contributed by atoms with E-state index in [1.165, 1.54) is 31.3 Å². The number of alkyl carbamates (subject to hydrolysis) is 1. The summed E-state index contributed by atoms with van der Waals surface area (Å²) in [6, 6.07) is 5.22. The molecule has 1 amide bonds. The summed E-state index contributed by atoms with van der Waals surface area (Å²) in [7, 11) is 1.33. The summed E-state index contributed by atoms with van der Waals surface area (Å²) in [6.07, 6.45) is 7.41. The van der Waals surface area contributed by atoms with Crippen molar-refractivity contribution >= 4 is 35.1 Å². The van der Waals surface area contributed by atoms with Crippen molar-refractivity contribution in [1.29, 1.82) is 0 Å². The maximum Gasteiger partial charge on any atom is 0.407 e. The smallest absolute Gasteiger partial charge is 0.407 e. The number of halogens is 1. The Morgan fingerprint density at radius 3 is 3.00 bits per heavy atom. The zero-order chi connectivity index (χ0) is 19.2. The van der Waals surface area contributed by atoms with Crippen molar-refractivity contribution in [2.75, 3.05) is 13.7 Å². The normalized spacial score (nSPS) is 14.8. The standard InChI is InChI=1S/C19H21ClN2O4S/c1-12(22-18(23)24-2)3-7-15-10-21-19(27-15)26-17-8-6-14(9-16(17)20)25-11-13-4-5-13/h3,6-10,12-13H,4-5,11H2,1-2H3,(H,22,23)/t12-/m0/s1. The number of ether oxygens (including phenoxy) is 3. The number of carbonyl (C=O) groups is 1. The Labute approximate surface area is 167 Å². The summed E-state index contributed by atoms with van der Waals surface area (Å²) in [6.45, 7) is 2.58. The molecule has 0 aliphatic heterocycles. The Kier molecular flexibility index (Phi) is 6.58. The van der Waals surface area contributed by atoms with Crippen LogP contribution in [0.3, 0.4) is 0 Å². The lowest BCUT2D eigenvalue weighted by Gasteiger charge is -2.08. The molecule has 1 aromatic carbocycles. The van der Waals surface area contributed by atoms with Gasteiger partial charge in [-0.1, -0.05) is 29.0 Å². The SMILES string of the molecule is COC(=O)N[C@@H](C)C=Cc1cnc(Oc2ccc(OCC3CC3)cc2Cl)s1. The molecule has 1 aliphatic carbocycles. The maximum absolute atomic E-state index is 11.2. The van der Waals surface area contributed by atoms with Gasteiger partial charge >= 0.3 is 6.09 Å². The number of nitrogens with one attached hydrogen (secondary N) is 1. The number of rotatable bonds is 8. The van der Waals surface area contributed by atoms with Gasteiger partial charge in [-0.3, -0.25) is 0 Å². The largest absolute Gasteiger partial charge is 0.493 e. The minimum atomic E-state index is -0.473. The quantitative estimate of drug-likeness (QED) is 0.655. The topological polar surface area (TPSA) is 69.7 Å². The lowest BCUT2D eigenvalue weighted by molar-refractivity contribution is 0.169. The van der Waals surface area contributed by atoms with E-state index in [2.05, 4.69) is 15.0 Å². The number of methoxy groups -OCH3 is 1. The lowest BCUT2D eigenvalue weighted by atomic mass is 10.3. The zero-order valence-electron chi connectivity index (χ0n) is 15.1. The van der Waals surface area contributed by atoms with Crippen LogP contribution in [0.1, 0.15) is 24.6 Å². The average Bonchev–Trinajstić information content (AvgIpc) is 3.38. The number of thiazole rings is 1. The van der Waals surface area contributed by atoms with E-state index in [9.17, 15) is 4.79 Å². The first kappa shape index (κ1) is 19.5. The van der Waals surface area contributed by atoms with Crippen molar-refractivity contribution in [3.8, 4) is 16.7 Å². The Balaban J connectivity index is 1.55. The van der Waals surface area contributed by atoms with Gasteiger partial charge < -0.3 is 19.5 Å². The molecule has 2 aromatic rings. The van der Waals surface area contributed by atoms with Crippen LogP contribution in [0.4, 0.5) is 4.79 Å². The van der Waals surface area contributed by atoms with E-state index >= 15 is 0 Å². The number of amides is 1. The third-order valence-electron chi connectivity index (χ3n) is 3.87. The molecule has 1 heterocycles. The van der Waals surface area contributed by atoms with Crippen molar-refractivity contribution < 1.29 is 19.0 Å². The Morgan fingerprint density at radius 1 is 1.48 bits per heavy atom. The molecule has 0 unspecified atom stereocenters. The highest BCUT2D eigenvalue weighted by atomic mass is 35.5. The molecule has 1 fully saturated rings. The molecule has 1 N–H and O–H groups in total. The van der Waals surface area contributed by atoms with Crippen molar-refractivity contribution in [3.05, 3.63) is 40.4 Å². The van der Waals surface area contributed by atoms with Gasteiger partial charge in [0.15, 0.2) is 0 Å². The first-order valence-corrected chi connectivity index (χ1v) is 9.81. The van der Waals surface area contributed by atoms with Crippen LogP contribution in [0.5, 0.6) is 16.7 Å². The second-order valence-corrected chi connectivity index (χ2v) is 7.69. The summed E-state index contributed by atoms with van der Waals surface area (Å²) in [5.74, 6) is 1.96. The number of nitrogens with zero attached hydrogens (tertiary/aromatic N) is 1. The Morgan fingerprint density at radius 2 is 2.30 bits per heavy atom. The van der Waals surface area contributed by atoms with Gasteiger partial charge in [0.25, 0.3) is 5.19 Å². The first-order chi connectivity index (χ1) is 13.0. The van der Waals surface area contributed by atoms with Gasteiger partial charge in [0, 0.05) is 18.3 Å². The molecule has 8 heteroatoms.